The Balaban J connectivity index is 1.90. The van der Waals surface area contributed by atoms with Crippen LogP contribution in [-0.4, -0.2) is 18.6 Å². The number of hydrogen-bond acceptors (Lipinski definition) is 4. The maximum Gasteiger partial charge on any atom is 0.270 e. The summed E-state index contributed by atoms with van der Waals surface area (Å²) in [6, 6.07) is 7.63. The van der Waals surface area contributed by atoms with Crippen molar-refractivity contribution in [3.8, 4) is 5.75 Å². The number of allylic oxidation sites excluding steroid dienone is 1. The lowest BCUT2D eigenvalue weighted by molar-refractivity contribution is -0.124. The lowest BCUT2D eigenvalue weighted by Crippen LogP contribution is -2.36. The summed E-state index contributed by atoms with van der Waals surface area (Å²) >= 11 is 0. The summed E-state index contributed by atoms with van der Waals surface area (Å²) in [4.78, 5) is 17.4. The summed E-state index contributed by atoms with van der Waals surface area (Å²) in [5.41, 5.74) is 5.29. The highest BCUT2D eigenvalue weighted by Crippen LogP contribution is 2.39. The molecule has 0 radical (unpaired) electrons. The summed E-state index contributed by atoms with van der Waals surface area (Å²) in [6.45, 7) is 0.499. The van der Waals surface area contributed by atoms with Gasteiger partial charge in [0, 0.05) is 11.1 Å². The first-order valence-electron chi connectivity index (χ1n) is 5.74. The molecule has 0 saturated carbocycles. The van der Waals surface area contributed by atoms with Crippen molar-refractivity contribution in [2.75, 3.05) is 6.54 Å². The van der Waals surface area contributed by atoms with E-state index in [0.717, 1.165) is 22.6 Å². The molecule has 1 atom stereocenters. The summed E-state index contributed by atoms with van der Waals surface area (Å²) in [6.07, 6.45) is 1.28. The average molecular weight is 242 g/mol. The quantitative estimate of drug-likeness (QED) is 0.703. The normalized spacial score (nSPS) is 24.1. The van der Waals surface area contributed by atoms with Gasteiger partial charge in [-0.05, 0) is 12.1 Å². The summed E-state index contributed by atoms with van der Waals surface area (Å²) < 4.78 is 5.69. The number of para-hydroxylation sites is 1. The molecule has 0 aliphatic carbocycles. The summed E-state index contributed by atoms with van der Waals surface area (Å²) in [5, 5.41) is 2.82. The largest absolute Gasteiger partial charge is 0.475 e. The highest BCUT2D eigenvalue weighted by molar-refractivity contribution is 6.00. The molecule has 2 N–H and O–H groups in total. The molecule has 3 aliphatic heterocycles. The molecule has 3 aliphatic rings. The minimum atomic E-state index is -0.586. The number of benzene rings is 1. The molecule has 0 bridgehead atoms. The summed E-state index contributed by atoms with van der Waals surface area (Å²) in [5.74, 6) is 1.23. The number of rotatable bonds is 0. The van der Waals surface area contributed by atoms with Crippen LogP contribution in [0.25, 0.3) is 5.57 Å². The van der Waals surface area contributed by atoms with Crippen molar-refractivity contribution in [1.82, 2.24) is 10.8 Å². The SMILES string of the molecule is O=C1NC2=C(C=C3c4ccccc4OC13)ONC2. The number of amides is 1. The molecular weight excluding hydrogens is 232 g/mol. The number of ether oxygens (including phenoxy) is 1. The second kappa shape index (κ2) is 3.36. The molecule has 1 amide bonds. The van der Waals surface area contributed by atoms with Crippen LogP contribution in [0.3, 0.4) is 0 Å². The van der Waals surface area contributed by atoms with Crippen LogP contribution >= 0.6 is 0 Å². The van der Waals surface area contributed by atoms with E-state index in [-0.39, 0.29) is 5.91 Å². The van der Waals surface area contributed by atoms with Crippen molar-refractivity contribution in [2.24, 2.45) is 0 Å². The molecule has 5 nitrogen and oxygen atoms in total. The highest BCUT2D eigenvalue weighted by Gasteiger charge is 2.38. The number of hydroxylamine groups is 1. The van der Waals surface area contributed by atoms with Crippen molar-refractivity contribution in [1.29, 1.82) is 0 Å². The van der Waals surface area contributed by atoms with E-state index in [1.54, 1.807) is 0 Å². The Morgan fingerprint density at radius 1 is 1.28 bits per heavy atom. The first kappa shape index (κ1) is 9.73. The maximum absolute atomic E-state index is 12.1. The van der Waals surface area contributed by atoms with Crippen molar-refractivity contribution < 1.29 is 14.4 Å². The zero-order valence-electron chi connectivity index (χ0n) is 9.40. The van der Waals surface area contributed by atoms with E-state index < -0.39 is 6.10 Å². The number of fused-ring (bicyclic) bond motifs is 3. The third-order valence-corrected chi connectivity index (χ3v) is 3.25. The van der Waals surface area contributed by atoms with Gasteiger partial charge in [0.25, 0.3) is 5.91 Å². The molecule has 5 heteroatoms. The first-order valence-corrected chi connectivity index (χ1v) is 5.74. The van der Waals surface area contributed by atoms with Gasteiger partial charge in [0.2, 0.25) is 6.10 Å². The van der Waals surface area contributed by atoms with Crippen LogP contribution in [0.4, 0.5) is 0 Å². The van der Waals surface area contributed by atoms with Gasteiger partial charge in [-0.25, -0.2) is 0 Å². The predicted octanol–water partition coefficient (Wildman–Crippen LogP) is 0.707. The van der Waals surface area contributed by atoms with Gasteiger partial charge in [-0.2, -0.15) is 5.48 Å². The molecular formula is C13H10N2O3. The Morgan fingerprint density at radius 2 is 2.17 bits per heavy atom. The van der Waals surface area contributed by atoms with Gasteiger partial charge in [-0.3, -0.25) is 4.79 Å². The molecule has 0 saturated heterocycles. The molecule has 1 aromatic carbocycles. The van der Waals surface area contributed by atoms with E-state index in [0.29, 0.717) is 12.3 Å². The number of carbonyl (C=O) groups excluding carboxylic acids is 1. The van der Waals surface area contributed by atoms with Crippen molar-refractivity contribution in [3.05, 3.63) is 47.4 Å². The van der Waals surface area contributed by atoms with Crippen molar-refractivity contribution in [3.63, 3.8) is 0 Å². The van der Waals surface area contributed by atoms with Crippen molar-refractivity contribution in [2.45, 2.75) is 6.10 Å². The Hall–Kier alpha value is -2.27. The molecule has 0 spiro atoms. The fourth-order valence-corrected chi connectivity index (χ4v) is 2.40. The van der Waals surface area contributed by atoms with Gasteiger partial charge >= 0.3 is 0 Å². The van der Waals surface area contributed by atoms with Gasteiger partial charge in [0.1, 0.15) is 5.75 Å². The zero-order chi connectivity index (χ0) is 12.1. The molecule has 4 rings (SSSR count). The topological polar surface area (TPSA) is 59.6 Å². The van der Waals surface area contributed by atoms with Crippen LogP contribution in [0.2, 0.25) is 0 Å². The Labute approximate surface area is 103 Å². The van der Waals surface area contributed by atoms with Gasteiger partial charge < -0.3 is 14.9 Å². The monoisotopic (exact) mass is 242 g/mol. The second-order valence-electron chi connectivity index (χ2n) is 4.35. The Bertz CT molecular complexity index is 618. The highest BCUT2D eigenvalue weighted by atomic mass is 16.7. The maximum atomic E-state index is 12.1. The van der Waals surface area contributed by atoms with E-state index in [4.69, 9.17) is 9.57 Å². The second-order valence-corrected chi connectivity index (χ2v) is 4.35. The fourth-order valence-electron chi connectivity index (χ4n) is 2.40. The summed E-state index contributed by atoms with van der Waals surface area (Å²) in [7, 11) is 0. The lowest BCUT2D eigenvalue weighted by Gasteiger charge is -2.10. The zero-order valence-corrected chi connectivity index (χ0v) is 9.40. The standard InChI is InChI=1S/C13H10N2O3/c16-13-12-8(5-11-9(15-13)6-14-18-11)7-3-1-2-4-10(7)17-12/h1-5,12,14H,6H2,(H,15,16). The van der Waals surface area contributed by atoms with Crippen LogP contribution in [0.15, 0.2) is 41.8 Å². The third-order valence-electron chi connectivity index (χ3n) is 3.25. The van der Waals surface area contributed by atoms with Crippen LogP contribution in [0, 0.1) is 0 Å². The minimum absolute atomic E-state index is 0.158. The Kier molecular flexibility index (Phi) is 1.82. The number of hydrogen-bond donors (Lipinski definition) is 2. The number of carbonyl (C=O) groups is 1. The molecule has 3 heterocycles. The van der Waals surface area contributed by atoms with E-state index in [1.807, 2.05) is 30.3 Å². The van der Waals surface area contributed by atoms with Crippen LogP contribution < -0.4 is 15.5 Å². The first-order chi connectivity index (χ1) is 8.83. The van der Waals surface area contributed by atoms with Gasteiger partial charge in [0.05, 0.1) is 12.2 Å². The van der Waals surface area contributed by atoms with Gasteiger partial charge in [0.15, 0.2) is 5.76 Å². The smallest absolute Gasteiger partial charge is 0.270 e. The molecule has 0 aromatic heterocycles. The van der Waals surface area contributed by atoms with E-state index in [2.05, 4.69) is 10.8 Å². The van der Waals surface area contributed by atoms with Gasteiger partial charge in [-0.15, -0.1) is 0 Å². The third kappa shape index (κ3) is 1.22. The van der Waals surface area contributed by atoms with Crippen molar-refractivity contribution >= 4 is 11.5 Å². The van der Waals surface area contributed by atoms with Crippen LogP contribution in [0.5, 0.6) is 5.75 Å². The molecule has 1 unspecified atom stereocenters. The average Bonchev–Trinajstić information content (AvgIpc) is 2.93. The minimum Gasteiger partial charge on any atom is -0.475 e. The fraction of sp³-hybridized carbons (Fsp3) is 0.154. The predicted molar refractivity (Wildman–Crippen MR) is 63.1 cm³/mol. The lowest BCUT2D eigenvalue weighted by atomic mass is 10.0. The van der Waals surface area contributed by atoms with Gasteiger partial charge in [-0.1, -0.05) is 18.2 Å². The Morgan fingerprint density at radius 3 is 3.11 bits per heavy atom. The number of nitrogens with one attached hydrogen (secondary N) is 2. The molecule has 0 fully saturated rings. The molecule has 18 heavy (non-hydrogen) atoms. The van der Waals surface area contributed by atoms with E-state index in [9.17, 15) is 4.79 Å². The van der Waals surface area contributed by atoms with Crippen LogP contribution in [-0.2, 0) is 9.63 Å². The van der Waals surface area contributed by atoms with E-state index in [1.165, 1.54) is 0 Å². The molecule has 90 valence electrons. The van der Waals surface area contributed by atoms with E-state index >= 15 is 0 Å². The molecule has 1 aromatic rings. The van der Waals surface area contributed by atoms with Crippen LogP contribution in [0.1, 0.15) is 5.56 Å².